The second kappa shape index (κ2) is 5.97. The van der Waals surface area contributed by atoms with Crippen molar-refractivity contribution >= 4 is 11.4 Å². The molecule has 1 fully saturated rings. The van der Waals surface area contributed by atoms with Crippen LogP contribution < -0.4 is 10.6 Å². The van der Waals surface area contributed by atoms with Crippen molar-refractivity contribution in [1.29, 1.82) is 0 Å². The van der Waals surface area contributed by atoms with Gasteiger partial charge >= 0.3 is 0 Å². The molecule has 5 nitrogen and oxygen atoms in total. The lowest BCUT2D eigenvalue weighted by atomic mass is 10.1. The van der Waals surface area contributed by atoms with E-state index in [4.69, 9.17) is 0 Å². The molecule has 1 unspecified atom stereocenters. The Balaban J connectivity index is 2.01. The minimum Gasteiger partial charge on any atom is -0.379 e. The number of hydrogen-bond acceptors (Lipinski definition) is 4. The van der Waals surface area contributed by atoms with E-state index in [9.17, 15) is 14.5 Å². The van der Waals surface area contributed by atoms with Crippen molar-refractivity contribution in [3.8, 4) is 0 Å². The Hall–Kier alpha value is -1.69. The molecule has 2 rings (SSSR count). The van der Waals surface area contributed by atoms with Crippen LogP contribution >= 0.6 is 0 Å². The first-order valence-electron chi connectivity index (χ1n) is 6.49. The van der Waals surface area contributed by atoms with Crippen molar-refractivity contribution in [2.45, 2.75) is 32.2 Å². The van der Waals surface area contributed by atoms with Crippen LogP contribution in [0.1, 0.15) is 24.8 Å². The zero-order valence-corrected chi connectivity index (χ0v) is 10.9. The van der Waals surface area contributed by atoms with E-state index in [1.165, 1.54) is 12.5 Å². The smallest absolute Gasteiger partial charge is 0.295 e. The van der Waals surface area contributed by atoms with E-state index >= 15 is 0 Å². The minimum absolute atomic E-state index is 0.206. The molecule has 19 heavy (non-hydrogen) atoms. The van der Waals surface area contributed by atoms with E-state index in [-0.39, 0.29) is 5.69 Å². The topological polar surface area (TPSA) is 67.2 Å². The van der Waals surface area contributed by atoms with Crippen LogP contribution in [0.15, 0.2) is 12.1 Å². The van der Waals surface area contributed by atoms with Gasteiger partial charge in [-0.05, 0) is 44.4 Å². The Morgan fingerprint density at radius 3 is 3.00 bits per heavy atom. The number of rotatable bonds is 5. The molecule has 1 aromatic rings. The van der Waals surface area contributed by atoms with Crippen LogP contribution in [0.25, 0.3) is 0 Å². The van der Waals surface area contributed by atoms with Gasteiger partial charge in [-0.1, -0.05) is 0 Å². The van der Waals surface area contributed by atoms with Crippen molar-refractivity contribution in [1.82, 2.24) is 5.32 Å². The van der Waals surface area contributed by atoms with Crippen LogP contribution in [-0.2, 0) is 0 Å². The van der Waals surface area contributed by atoms with Crippen LogP contribution in [0.3, 0.4) is 0 Å². The van der Waals surface area contributed by atoms with Gasteiger partial charge in [-0.15, -0.1) is 0 Å². The average molecular weight is 267 g/mol. The second-order valence-corrected chi connectivity index (χ2v) is 4.88. The molecule has 104 valence electrons. The molecule has 1 aliphatic heterocycles. The zero-order chi connectivity index (χ0) is 13.8. The highest BCUT2D eigenvalue weighted by molar-refractivity contribution is 5.63. The van der Waals surface area contributed by atoms with E-state index in [1.807, 2.05) is 0 Å². The first-order valence-corrected chi connectivity index (χ1v) is 6.49. The van der Waals surface area contributed by atoms with Gasteiger partial charge in [0.2, 0.25) is 0 Å². The SMILES string of the molecule is Cc1cc(NCCC2CCCN2)c([N+](=O)[O-])cc1F. The number of nitro groups is 1. The van der Waals surface area contributed by atoms with Gasteiger partial charge in [0.25, 0.3) is 5.69 Å². The Bertz CT molecular complexity index is 473. The molecule has 6 heteroatoms. The minimum atomic E-state index is -0.557. The van der Waals surface area contributed by atoms with Crippen molar-refractivity contribution in [3.63, 3.8) is 0 Å². The van der Waals surface area contributed by atoms with E-state index in [2.05, 4.69) is 10.6 Å². The zero-order valence-electron chi connectivity index (χ0n) is 10.9. The summed E-state index contributed by atoms with van der Waals surface area (Å²) in [6, 6.07) is 2.95. The Kier molecular flexibility index (Phi) is 4.31. The summed E-state index contributed by atoms with van der Waals surface area (Å²) in [7, 11) is 0. The number of benzene rings is 1. The maximum atomic E-state index is 13.3. The van der Waals surface area contributed by atoms with Crippen molar-refractivity contribution in [2.75, 3.05) is 18.4 Å². The summed E-state index contributed by atoms with van der Waals surface area (Å²) >= 11 is 0. The van der Waals surface area contributed by atoms with Crippen LogP contribution in [0.5, 0.6) is 0 Å². The largest absolute Gasteiger partial charge is 0.379 e. The number of nitrogens with zero attached hydrogens (tertiary/aromatic N) is 1. The molecule has 0 aliphatic carbocycles. The molecular weight excluding hydrogens is 249 g/mol. The molecule has 0 amide bonds. The quantitative estimate of drug-likeness (QED) is 0.635. The maximum absolute atomic E-state index is 13.3. The van der Waals surface area contributed by atoms with E-state index < -0.39 is 10.7 Å². The Labute approximate surface area is 111 Å². The molecule has 0 saturated carbocycles. The summed E-state index contributed by atoms with van der Waals surface area (Å²) in [5.74, 6) is -0.547. The lowest BCUT2D eigenvalue weighted by Gasteiger charge is -2.12. The monoisotopic (exact) mass is 267 g/mol. The number of anilines is 1. The average Bonchev–Trinajstić information content (AvgIpc) is 2.86. The number of aryl methyl sites for hydroxylation is 1. The number of halogens is 1. The summed E-state index contributed by atoms with van der Waals surface area (Å²) in [6.07, 6.45) is 3.24. The Morgan fingerprint density at radius 1 is 1.58 bits per heavy atom. The molecule has 0 aromatic heterocycles. The van der Waals surface area contributed by atoms with Gasteiger partial charge in [-0.3, -0.25) is 10.1 Å². The van der Waals surface area contributed by atoms with Gasteiger partial charge in [0.15, 0.2) is 0 Å². The maximum Gasteiger partial charge on any atom is 0.295 e. The third-order valence-corrected chi connectivity index (χ3v) is 3.44. The fourth-order valence-electron chi connectivity index (χ4n) is 2.35. The molecule has 1 atom stereocenters. The molecule has 1 aliphatic rings. The Morgan fingerprint density at radius 2 is 2.37 bits per heavy atom. The van der Waals surface area contributed by atoms with Crippen molar-refractivity contribution in [2.24, 2.45) is 0 Å². The van der Waals surface area contributed by atoms with Crippen molar-refractivity contribution < 1.29 is 9.31 Å². The normalized spacial score (nSPS) is 18.5. The first-order chi connectivity index (χ1) is 9.08. The second-order valence-electron chi connectivity index (χ2n) is 4.88. The predicted molar refractivity (Wildman–Crippen MR) is 71.9 cm³/mol. The van der Waals surface area contributed by atoms with Crippen LogP contribution in [0.2, 0.25) is 0 Å². The summed E-state index contributed by atoms with van der Waals surface area (Å²) in [5, 5.41) is 17.3. The van der Waals surface area contributed by atoms with E-state index in [1.54, 1.807) is 6.92 Å². The summed E-state index contributed by atoms with van der Waals surface area (Å²) < 4.78 is 13.3. The van der Waals surface area contributed by atoms with Gasteiger partial charge < -0.3 is 10.6 Å². The molecule has 0 spiro atoms. The fraction of sp³-hybridized carbons (Fsp3) is 0.538. The predicted octanol–water partition coefficient (Wildman–Crippen LogP) is 2.60. The van der Waals surface area contributed by atoms with E-state index in [0.717, 1.165) is 25.5 Å². The number of nitrogens with one attached hydrogen (secondary N) is 2. The van der Waals surface area contributed by atoms with Crippen molar-refractivity contribution in [3.05, 3.63) is 33.6 Å². The molecule has 2 N–H and O–H groups in total. The highest BCUT2D eigenvalue weighted by Gasteiger charge is 2.18. The molecule has 1 heterocycles. The van der Waals surface area contributed by atoms with E-state index in [0.29, 0.717) is 23.8 Å². The third-order valence-electron chi connectivity index (χ3n) is 3.44. The fourth-order valence-corrected chi connectivity index (χ4v) is 2.35. The van der Waals surface area contributed by atoms with Crippen LogP contribution in [-0.4, -0.2) is 24.1 Å². The summed E-state index contributed by atoms with van der Waals surface area (Å²) in [4.78, 5) is 10.3. The summed E-state index contributed by atoms with van der Waals surface area (Å²) in [6.45, 7) is 3.28. The molecule has 0 bridgehead atoms. The number of hydrogen-bond donors (Lipinski definition) is 2. The van der Waals surface area contributed by atoms with Gasteiger partial charge in [-0.2, -0.15) is 0 Å². The van der Waals surface area contributed by atoms with Gasteiger partial charge in [0, 0.05) is 12.6 Å². The standard InChI is InChI=1S/C13H18FN3O2/c1-9-7-12(13(17(18)19)8-11(9)14)16-6-4-10-3-2-5-15-10/h7-8,10,15-16H,2-6H2,1H3. The molecular formula is C13H18FN3O2. The van der Waals surface area contributed by atoms with Gasteiger partial charge in [0.05, 0.1) is 11.0 Å². The first kappa shape index (κ1) is 13.7. The number of nitro benzene ring substituents is 1. The molecule has 1 aromatic carbocycles. The highest BCUT2D eigenvalue weighted by atomic mass is 19.1. The lowest BCUT2D eigenvalue weighted by molar-refractivity contribution is -0.384. The van der Waals surface area contributed by atoms with Gasteiger partial charge in [-0.25, -0.2) is 4.39 Å². The molecule has 0 radical (unpaired) electrons. The summed E-state index contributed by atoms with van der Waals surface area (Å²) in [5.41, 5.74) is 0.594. The third kappa shape index (κ3) is 3.41. The van der Waals surface area contributed by atoms with Gasteiger partial charge in [0.1, 0.15) is 11.5 Å². The van der Waals surface area contributed by atoms with Crippen LogP contribution in [0.4, 0.5) is 15.8 Å². The molecule has 1 saturated heterocycles. The lowest BCUT2D eigenvalue weighted by Crippen LogP contribution is -2.24. The highest BCUT2D eigenvalue weighted by Crippen LogP contribution is 2.27. The van der Waals surface area contributed by atoms with Crippen LogP contribution in [0, 0.1) is 22.9 Å².